The molecular formula is C24H14N2S. The predicted octanol–water partition coefficient (Wildman–Crippen LogP) is 6.66. The number of thiophene rings is 1. The van der Waals surface area contributed by atoms with Crippen molar-refractivity contribution in [2.75, 3.05) is 0 Å². The first-order chi connectivity index (χ1) is 13.3. The van der Waals surface area contributed by atoms with Crippen LogP contribution < -0.4 is 0 Å². The summed E-state index contributed by atoms with van der Waals surface area (Å²) in [6.07, 6.45) is 1.87. The molecule has 126 valence electrons. The highest BCUT2D eigenvalue weighted by atomic mass is 32.1. The van der Waals surface area contributed by atoms with Gasteiger partial charge in [-0.1, -0.05) is 60.7 Å². The summed E-state index contributed by atoms with van der Waals surface area (Å²) < 4.78 is 2.22. The second-order valence-electron chi connectivity index (χ2n) is 6.37. The SMILES string of the molecule is N#Cc1cccc2c1sc1c(-c3cc(-c4ccccc4)ccn3)cccc12. The van der Waals surface area contributed by atoms with E-state index in [1.54, 1.807) is 11.3 Å². The molecule has 0 saturated carbocycles. The van der Waals surface area contributed by atoms with Crippen molar-refractivity contribution in [3.05, 3.63) is 90.6 Å². The van der Waals surface area contributed by atoms with Crippen LogP contribution in [0.25, 0.3) is 42.6 Å². The van der Waals surface area contributed by atoms with Crippen LogP contribution in [0.3, 0.4) is 0 Å². The van der Waals surface area contributed by atoms with Gasteiger partial charge in [0.2, 0.25) is 0 Å². The molecule has 0 bridgehead atoms. The maximum Gasteiger partial charge on any atom is 0.101 e. The summed E-state index contributed by atoms with van der Waals surface area (Å²) in [6, 6.07) is 29.1. The lowest BCUT2D eigenvalue weighted by molar-refractivity contribution is 1.33. The van der Waals surface area contributed by atoms with Gasteiger partial charge in [0.1, 0.15) is 6.07 Å². The molecule has 0 radical (unpaired) electrons. The maximum absolute atomic E-state index is 9.45. The summed E-state index contributed by atoms with van der Waals surface area (Å²) >= 11 is 1.67. The molecule has 3 heteroatoms. The number of fused-ring (bicyclic) bond motifs is 3. The van der Waals surface area contributed by atoms with Crippen molar-refractivity contribution < 1.29 is 0 Å². The molecule has 2 heterocycles. The second kappa shape index (κ2) is 6.35. The Morgan fingerprint density at radius 2 is 1.52 bits per heavy atom. The molecule has 2 nitrogen and oxygen atoms in total. The Balaban J connectivity index is 1.76. The smallest absolute Gasteiger partial charge is 0.101 e. The van der Waals surface area contributed by atoms with E-state index in [2.05, 4.69) is 53.5 Å². The van der Waals surface area contributed by atoms with Gasteiger partial charge in [0, 0.05) is 27.2 Å². The predicted molar refractivity (Wildman–Crippen MR) is 113 cm³/mol. The Hall–Kier alpha value is -3.48. The van der Waals surface area contributed by atoms with Crippen LogP contribution in [-0.4, -0.2) is 4.98 Å². The van der Waals surface area contributed by atoms with Crippen LogP contribution in [0, 0.1) is 11.3 Å². The normalized spacial score (nSPS) is 10.9. The Kier molecular flexibility index (Phi) is 3.71. The number of nitrogens with zero attached hydrogens (tertiary/aromatic N) is 2. The zero-order valence-electron chi connectivity index (χ0n) is 14.4. The molecule has 0 atom stereocenters. The quantitative estimate of drug-likeness (QED) is 0.352. The second-order valence-corrected chi connectivity index (χ2v) is 7.39. The lowest BCUT2D eigenvalue weighted by Gasteiger charge is -2.06. The molecule has 0 aliphatic heterocycles. The monoisotopic (exact) mass is 362 g/mol. The largest absolute Gasteiger partial charge is 0.256 e. The number of nitriles is 1. The topological polar surface area (TPSA) is 36.7 Å². The third-order valence-electron chi connectivity index (χ3n) is 4.79. The van der Waals surface area contributed by atoms with E-state index >= 15 is 0 Å². The molecule has 2 aromatic heterocycles. The lowest BCUT2D eigenvalue weighted by Crippen LogP contribution is -1.85. The van der Waals surface area contributed by atoms with Crippen molar-refractivity contribution >= 4 is 31.5 Å². The van der Waals surface area contributed by atoms with Crippen molar-refractivity contribution in [2.45, 2.75) is 0 Å². The molecule has 0 amide bonds. The molecule has 0 spiro atoms. The van der Waals surface area contributed by atoms with E-state index in [4.69, 9.17) is 0 Å². The summed E-state index contributed by atoms with van der Waals surface area (Å²) in [5.41, 5.74) is 5.11. The van der Waals surface area contributed by atoms with E-state index in [1.165, 1.54) is 15.6 Å². The van der Waals surface area contributed by atoms with Gasteiger partial charge in [-0.3, -0.25) is 4.98 Å². The van der Waals surface area contributed by atoms with Crippen molar-refractivity contribution in [3.63, 3.8) is 0 Å². The van der Waals surface area contributed by atoms with Gasteiger partial charge in [0.25, 0.3) is 0 Å². The molecule has 0 fully saturated rings. The highest BCUT2D eigenvalue weighted by Gasteiger charge is 2.13. The number of rotatable bonds is 2. The van der Waals surface area contributed by atoms with E-state index in [9.17, 15) is 5.26 Å². The van der Waals surface area contributed by atoms with Gasteiger partial charge >= 0.3 is 0 Å². The van der Waals surface area contributed by atoms with Gasteiger partial charge < -0.3 is 0 Å². The highest BCUT2D eigenvalue weighted by Crippen LogP contribution is 2.41. The molecule has 5 aromatic rings. The minimum atomic E-state index is 0.727. The minimum absolute atomic E-state index is 0.727. The third-order valence-corrected chi connectivity index (χ3v) is 6.08. The Bertz CT molecular complexity index is 1330. The van der Waals surface area contributed by atoms with Crippen LogP contribution in [0.5, 0.6) is 0 Å². The number of hydrogen-bond acceptors (Lipinski definition) is 3. The summed E-state index contributed by atoms with van der Waals surface area (Å²) in [5, 5.41) is 11.8. The fourth-order valence-electron chi connectivity index (χ4n) is 3.50. The standard InChI is InChI=1S/C24H14N2S/c25-15-18-8-4-9-19-20-10-5-11-21(24(20)27-23(18)19)22-14-17(12-13-26-22)16-6-2-1-3-7-16/h1-14H. The van der Waals surface area contributed by atoms with Crippen molar-refractivity contribution in [1.29, 1.82) is 5.26 Å². The number of pyridine rings is 1. The highest BCUT2D eigenvalue weighted by molar-refractivity contribution is 7.26. The van der Waals surface area contributed by atoms with E-state index in [0.717, 1.165) is 32.5 Å². The van der Waals surface area contributed by atoms with Crippen LogP contribution >= 0.6 is 11.3 Å². The van der Waals surface area contributed by atoms with Crippen LogP contribution in [0.1, 0.15) is 5.56 Å². The number of hydrogen-bond donors (Lipinski definition) is 0. The summed E-state index contributed by atoms with van der Waals surface area (Å²) in [4.78, 5) is 4.64. The van der Waals surface area contributed by atoms with Gasteiger partial charge in [-0.25, -0.2) is 0 Å². The van der Waals surface area contributed by atoms with E-state index in [1.807, 2.05) is 42.6 Å². The molecule has 5 rings (SSSR count). The Labute approximate surface area is 161 Å². The van der Waals surface area contributed by atoms with E-state index in [-0.39, 0.29) is 0 Å². The first-order valence-electron chi connectivity index (χ1n) is 8.71. The Morgan fingerprint density at radius 1 is 0.741 bits per heavy atom. The molecule has 3 aromatic carbocycles. The first kappa shape index (κ1) is 15.7. The lowest BCUT2D eigenvalue weighted by atomic mass is 10.0. The zero-order valence-corrected chi connectivity index (χ0v) is 15.2. The average molecular weight is 362 g/mol. The fraction of sp³-hybridized carbons (Fsp3) is 0. The minimum Gasteiger partial charge on any atom is -0.256 e. The van der Waals surface area contributed by atoms with Gasteiger partial charge in [-0.2, -0.15) is 5.26 Å². The maximum atomic E-state index is 9.45. The van der Waals surface area contributed by atoms with Gasteiger partial charge in [0.05, 0.1) is 16.0 Å². The van der Waals surface area contributed by atoms with E-state index < -0.39 is 0 Å². The first-order valence-corrected chi connectivity index (χ1v) is 9.53. The fourth-order valence-corrected chi connectivity index (χ4v) is 4.78. The van der Waals surface area contributed by atoms with Crippen molar-refractivity contribution in [3.8, 4) is 28.5 Å². The van der Waals surface area contributed by atoms with E-state index in [0.29, 0.717) is 0 Å². The molecule has 0 saturated heterocycles. The molecule has 0 N–H and O–H groups in total. The van der Waals surface area contributed by atoms with Gasteiger partial charge in [0.15, 0.2) is 0 Å². The molecular weight excluding hydrogens is 348 g/mol. The molecule has 0 aliphatic rings. The van der Waals surface area contributed by atoms with Crippen LogP contribution in [0.15, 0.2) is 85.1 Å². The van der Waals surface area contributed by atoms with Crippen molar-refractivity contribution in [1.82, 2.24) is 4.98 Å². The average Bonchev–Trinajstić information content (AvgIpc) is 3.13. The molecule has 0 aliphatic carbocycles. The summed E-state index contributed by atoms with van der Waals surface area (Å²) in [5.74, 6) is 0. The van der Waals surface area contributed by atoms with Crippen LogP contribution in [0.4, 0.5) is 0 Å². The van der Waals surface area contributed by atoms with Gasteiger partial charge in [-0.15, -0.1) is 11.3 Å². The van der Waals surface area contributed by atoms with Gasteiger partial charge in [-0.05, 0) is 29.3 Å². The molecule has 0 unspecified atom stereocenters. The number of benzene rings is 3. The Morgan fingerprint density at radius 3 is 2.33 bits per heavy atom. The third kappa shape index (κ3) is 2.59. The number of aromatic nitrogens is 1. The van der Waals surface area contributed by atoms with Crippen LogP contribution in [0.2, 0.25) is 0 Å². The summed E-state index contributed by atoms with van der Waals surface area (Å²) in [7, 11) is 0. The molecule has 27 heavy (non-hydrogen) atoms. The van der Waals surface area contributed by atoms with Crippen molar-refractivity contribution in [2.24, 2.45) is 0 Å². The summed E-state index contributed by atoms with van der Waals surface area (Å²) in [6.45, 7) is 0. The zero-order chi connectivity index (χ0) is 18.2. The van der Waals surface area contributed by atoms with Crippen LogP contribution in [-0.2, 0) is 0 Å².